The summed E-state index contributed by atoms with van der Waals surface area (Å²) in [5.41, 5.74) is 0.232. The van der Waals surface area contributed by atoms with Crippen LogP contribution in [0.3, 0.4) is 0 Å². The molecule has 0 aromatic heterocycles. The van der Waals surface area contributed by atoms with Crippen molar-refractivity contribution in [3.05, 3.63) is 0 Å². The van der Waals surface area contributed by atoms with E-state index >= 15 is 0 Å². The molecule has 2 unspecified atom stereocenters. The molecule has 0 aromatic carbocycles. The Hall–Kier alpha value is -0.120. The lowest BCUT2D eigenvalue weighted by Gasteiger charge is -2.36. The molecular formula is C10H17NO2. The van der Waals surface area contributed by atoms with Crippen molar-refractivity contribution in [2.75, 3.05) is 13.2 Å². The van der Waals surface area contributed by atoms with Gasteiger partial charge in [0.15, 0.2) is 0 Å². The van der Waals surface area contributed by atoms with Crippen LogP contribution in [0.15, 0.2) is 0 Å². The monoisotopic (exact) mass is 183 g/mol. The average molecular weight is 183 g/mol. The molecule has 3 nitrogen and oxygen atoms in total. The van der Waals surface area contributed by atoms with Crippen LogP contribution in [0.25, 0.3) is 0 Å². The fourth-order valence-electron chi connectivity index (χ4n) is 2.95. The molecule has 13 heavy (non-hydrogen) atoms. The second-order valence-corrected chi connectivity index (χ2v) is 4.45. The summed E-state index contributed by atoms with van der Waals surface area (Å²) in [5, 5.41) is 0. The molecule has 0 bridgehead atoms. The van der Waals surface area contributed by atoms with Crippen LogP contribution in [0.4, 0.5) is 0 Å². The smallest absolute Gasteiger partial charge is 0.113 e. The summed E-state index contributed by atoms with van der Waals surface area (Å²) in [7, 11) is 0. The Bertz CT molecular complexity index is 203. The first kappa shape index (κ1) is 8.21. The van der Waals surface area contributed by atoms with Gasteiger partial charge >= 0.3 is 0 Å². The van der Waals surface area contributed by atoms with Crippen LogP contribution >= 0.6 is 0 Å². The molecule has 0 aromatic rings. The number of hydrogen-bond donors (Lipinski definition) is 0. The van der Waals surface area contributed by atoms with Crippen molar-refractivity contribution in [2.24, 2.45) is 0 Å². The molecule has 3 aliphatic heterocycles. The minimum atomic E-state index is 0.232. The Kier molecular flexibility index (Phi) is 1.70. The molecule has 0 saturated carbocycles. The molecule has 0 N–H and O–H groups in total. The van der Waals surface area contributed by atoms with E-state index in [9.17, 15) is 0 Å². The van der Waals surface area contributed by atoms with Crippen molar-refractivity contribution in [3.63, 3.8) is 0 Å². The van der Waals surface area contributed by atoms with Gasteiger partial charge in [0.2, 0.25) is 0 Å². The van der Waals surface area contributed by atoms with Crippen molar-refractivity contribution in [3.8, 4) is 0 Å². The lowest BCUT2D eigenvalue weighted by atomic mass is 9.96. The minimum Gasteiger partial charge on any atom is -0.361 e. The van der Waals surface area contributed by atoms with Crippen molar-refractivity contribution < 1.29 is 9.47 Å². The van der Waals surface area contributed by atoms with Crippen molar-refractivity contribution in [2.45, 2.75) is 50.6 Å². The summed E-state index contributed by atoms with van der Waals surface area (Å²) in [6.07, 6.45) is 5.52. The van der Waals surface area contributed by atoms with E-state index in [0.29, 0.717) is 12.5 Å². The Labute approximate surface area is 79.0 Å². The molecule has 3 saturated heterocycles. The topological polar surface area (TPSA) is 21.7 Å². The van der Waals surface area contributed by atoms with E-state index in [4.69, 9.17) is 9.47 Å². The van der Waals surface area contributed by atoms with Gasteiger partial charge < -0.3 is 9.47 Å². The predicted octanol–water partition coefficient (Wildman–Crippen LogP) is 1.33. The second kappa shape index (κ2) is 2.69. The fourth-order valence-corrected chi connectivity index (χ4v) is 2.95. The van der Waals surface area contributed by atoms with E-state index in [2.05, 4.69) is 11.8 Å². The van der Waals surface area contributed by atoms with Gasteiger partial charge in [0.1, 0.15) is 12.5 Å². The van der Waals surface area contributed by atoms with Crippen LogP contribution in [-0.2, 0) is 9.47 Å². The summed E-state index contributed by atoms with van der Waals surface area (Å²) in [6, 6.07) is 0. The largest absolute Gasteiger partial charge is 0.361 e. The molecular weight excluding hydrogens is 166 g/mol. The van der Waals surface area contributed by atoms with E-state index in [1.165, 1.54) is 19.3 Å². The van der Waals surface area contributed by atoms with Gasteiger partial charge in [-0.3, -0.25) is 0 Å². The third-order valence-electron chi connectivity index (χ3n) is 3.82. The van der Waals surface area contributed by atoms with Gasteiger partial charge in [0.25, 0.3) is 0 Å². The van der Waals surface area contributed by atoms with Gasteiger partial charge in [-0.15, -0.1) is 0 Å². The number of ether oxygens (including phenoxy) is 2. The van der Waals surface area contributed by atoms with E-state index in [-0.39, 0.29) is 5.54 Å². The maximum atomic E-state index is 5.83. The van der Waals surface area contributed by atoms with Gasteiger partial charge in [-0.25, -0.2) is 4.90 Å². The van der Waals surface area contributed by atoms with E-state index in [1.807, 2.05) is 0 Å². The lowest BCUT2D eigenvalue weighted by Crippen LogP contribution is -2.50. The zero-order valence-electron chi connectivity index (χ0n) is 8.16. The highest BCUT2D eigenvalue weighted by atomic mass is 16.6. The number of piperidine rings is 1. The van der Waals surface area contributed by atoms with Gasteiger partial charge in [0.05, 0.1) is 18.8 Å². The number of rotatable bonds is 1. The Morgan fingerprint density at radius 3 is 2.38 bits per heavy atom. The van der Waals surface area contributed by atoms with Crippen molar-refractivity contribution in [1.29, 1.82) is 0 Å². The third kappa shape index (κ3) is 0.953. The quantitative estimate of drug-likeness (QED) is 0.612. The first-order chi connectivity index (χ1) is 6.36. The van der Waals surface area contributed by atoms with Crippen LogP contribution in [-0.4, -0.2) is 36.1 Å². The second-order valence-electron chi connectivity index (χ2n) is 4.45. The van der Waals surface area contributed by atoms with Crippen LogP contribution in [0, 0.1) is 0 Å². The van der Waals surface area contributed by atoms with Gasteiger partial charge in [-0.2, -0.15) is 0 Å². The van der Waals surface area contributed by atoms with Crippen LogP contribution in [0.1, 0.15) is 32.6 Å². The van der Waals surface area contributed by atoms with Gasteiger partial charge in [-0.05, 0) is 25.7 Å². The van der Waals surface area contributed by atoms with Gasteiger partial charge in [0, 0.05) is 0 Å². The lowest BCUT2D eigenvalue weighted by molar-refractivity contribution is -0.0885. The zero-order chi connectivity index (χ0) is 8.89. The summed E-state index contributed by atoms with van der Waals surface area (Å²) >= 11 is 0. The fraction of sp³-hybridized carbons (Fsp3) is 1.00. The molecule has 74 valence electrons. The Morgan fingerprint density at radius 1 is 1.23 bits per heavy atom. The molecule has 3 heteroatoms. The molecule has 0 aliphatic carbocycles. The molecule has 2 atom stereocenters. The Morgan fingerprint density at radius 2 is 1.85 bits per heavy atom. The van der Waals surface area contributed by atoms with Crippen LogP contribution < -0.4 is 0 Å². The number of hydrogen-bond acceptors (Lipinski definition) is 3. The molecule has 3 fully saturated rings. The average Bonchev–Trinajstić information content (AvgIpc) is 2.72. The summed E-state index contributed by atoms with van der Waals surface area (Å²) in [5.74, 6) is 0. The van der Waals surface area contributed by atoms with Gasteiger partial charge in [-0.1, -0.05) is 6.92 Å². The van der Waals surface area contributed by atoms with E-state index in [0.717, 1.165) is 19.6 Å². The molecule has 0 spiro atoms. The predicted molar refractivity (Wildman–Crippen MR) is 48.2 cm³/mol. The molecule has 3 aliphatic rings. The highest BCUT2D eigenvalue weighted by molar-refractivity contribution is 5.02. The highest BCUT2D eigenvalue weighted by Gasteiger charge is 2.55. The molecule has 3 heterocycles. The standard InChI is InChI=1S/C10H17NO2/c1-2-10-6-12-8-4-3-5-9(11(8)10)13-7-10/h8-9H,2-7H2,1H3. The Balaban J connectivity index is 1.93. The SMILES string of the molecule is CCC12COC3CCCC(OC1)N32. The molecule has 3 rings (SSSR count). The highest BCUT2D eigenvalue weighted by Crippen LogP contribution is 2.43. The normalized spacial score (nSPS) is 49.6. The van der Waals surface area contributed by atoms with Crippen LogP contribution in [0.2, 0.25) is 0 Å². The summed E-state index contributed by atoms with van der Waals surface area (Å²) in [4.78, 5) is 2.50. The summed E-state index contributed by atoms with van der Waals surface area (Å²) < 4.78 is 11.7. The summed E-state index contributed by atoms with van der Waals surface area (Å²) in [6.45, 7) is 4.00. The maximum Gasteiger partial charge on any atom is 0.113 e. The number of nitrogens with zero attached hydrogens (tertiary/aromatic N) is 1. The van der Waals surface area contributed by atoms with Crippen LogP contribution in [0.5, 0.6) is 0 Å². The molecule has 0 radical (unpaired) electrons. The maximum absolute atomic E-state index is 5.83. The van der Waals surface area contributed by atoms with E-state index < -0.39 is 0 Å². The first-order valence-corrected chi connectivity index (χ1v) is 5.37. The third-order valence-corrected chi connectivity index (χ3v) is 3.82. The van der Waals surface area contributed by atoms with Crippen molar-refractivity contribution in [1.82, 2.24) is 4.90 Å². The first-order valence-electron chi connectivity index (χ1n) is 5.37. The van der Waals surface area contributed by atoms with E-state index in [1.54, 1.807) is 0 Å². The zero-order valence-corrected chi connectivity index (χ0v) is 8.16. The minimum absolute atomic E-state index is 0.232. The molecule has 0 amide bonds. The van der Waals surface area contributed by atoms with Crippen molar-refractivity contribution >= 4 is 0 Å².